The maximum atomic E-state index is 11.3. The molecule has 15 heavy (non-hydrogen) atoms. The van der Waals surface area contributed by atoms with Crippen molar-refractivity contribution < 1.29 is 14.6 Å². The molecule has 0 aromatic carbocycles. The number of esters is 1. The Morgan fingerprint density at radius 1 is 1.67 bits per heavy atom. The van der Waals surface area contributed by atoms with Gasteiger partial charge in [-0.2, -0.15) is 0 Å². The summed E-state index contributed by atoms with van der Waals surface area (Å²) in [7, 11) is 5.17. The van der Waals surface area contributed by atoms with Crippen molar-refractivity contribution in [3.8, 4) is 0 Å². The first kappa shape index (κ1) is 14.1. The Labute approximate surface area is 90.7 Å². The third-order valence-corrected chi connectivity index (χ3v) is 2.01. The van der Waals surface area contributed by atoms with Gasteiger partial charge in [0.05, 0.1) is 12.5 Å². The van der Waals surface area contributed by atoms with Crippen LogP contribution in [0.2, 0.25) is 0 Å². The summed E-state index contributed by atoms with van der Waals surface area (Å²) in [5.74, 6) is -0.352. The van der Waals surface area contributed by atoms with Crippen molar-refractivity contribution in [2.45, 2.75) is 18.7 Å². The van der Waals surface area contributed by atoms with E-state index in [1.807, 2.05) is 0 Å². The molecule has 0 saturated carbocycles. The third kappa shape index (κ3) is 5.51. The Hall–Kier alpha value is -0.910. The van der Waals surface area contributed by atoms with Gasteiger partial charge in [-0.3, -0.25) is 9.69 Å². The van der Waals surface area contributed by atoms with E-state index in [-0.39, 0.29) is 25.0 Å². The van der Waals surface area contributed by atoms with Crippen LogP contribution in [0.4, 0.5) is 0 Å². The van der Waals surface area contributed by atoms with Gasteiger partial charge in [-0.05, 0) is 21.1 Å². The summed E-state index contributed by atoms with van der Waals surface area (Å²) in [4.78, 5) is 12.9. The van der Waals surface area contributed by atoms with Gasteiger partial charge in [0, 0.05) is 0 Å². The van der Waals surface area contributed by atoms with Crippen LogP contribution in [-0.4, -0.2) is 56.0 Å². The Morgan fingerprint density at radius 2 is 2.27 bits per heavy atom. The average molecular weight is 216 g/mol. The first-order valence-corrected chi connectivity index (χ1v) is 4.81. The number of hydrogen-bond donors (Lipinski definition) is 2. The van der Waals surface area contributed by atoms with E-state index in [0.29, 0.717) is 0 Å². The van der Waals surface area contributed by atoms with Crippen molar-refractivity contribution >= 4 is 5.97 Å². The fraction of sp³-hybridized carbons (Fsp3) is 0.700. The van der Waals surface area contributed by atoms with Gasteiger partial charge in [0.1, 0.15) is 12.8 Å². The van der Waals surface area contributed by atoms with Crippen LogP contribution in [0.5, 0.6) is 0 Å². The lowest BCUT2D eigenvalue weighted by molar-refractivity contribution is -0.144. The van der Waals surface area contributed by atoms with Gasteiger partial charge in [-0.15, -0.1) is 0 Å². The van der Waals surface area contributed by atoms with Crippen LogP contribution in [0.25, 0.3) is 0 Å². The van der Waals surface area contributed by atoms with E-state index in [1.165, 1.54) is 6.08 Å². The van der Waals surface area contributed by atoms with Crippen LogP contribution in [0, 0.1) is 0 Å². The molecular formula is C10H20N2O3. The largest absolute Gasteiger partial charge is 0.461 e. The van der Waals surface area contributed by atoms with Gasteiger partial charge in [-0.25, -0.2) is 0 Å². The number of aliphatic hydroxyl groups excluding tert-OH is 1. The third-order valence-electron chi connectivity index (χ3n) is 2.01. The minimum absolute atomic E-state index is 0.129. The zero-order chi connectivity index (χ0) is 11.8. The summed E-state index contributed by atoms with van der Waals surface area (Å²) in [5, 5.41) is 12.6. The number of nitrogens with zero attached hydrogens (tertiary/aromatic N) is 1. The quantitative estimate of drug-likeness (QED) is 0.344. The molecule has 0 fully saturated rings. The molecule has 0 heterocycles. The van der Waals surface area contributed by atoms with E-state index < -0.39 is 6.23 Å². The number of aliphatic hydroxyl groups is 1. The summed E-state index contributed by atoms with van der Waals surface area (Å²) in [5.41, 5.74) is 0. The van der Waals surface area contributed by atoms with Crippen molar-refractivity contribution in [1.29, 1.82) is 0 Å². The predicted molar refractivity (Wildman–Crippen MR) is 58.3 cm³/mol. The molecule has 0 radical (unpaired) electrons. The maximum Gasteiger partial charge on any atom is 0.307 e. The first-order chi connectivity index (χ1) is 7.02. The van der Waals surface area contributed by atoms with Crippen LogP contribution in [0.1, 0.15) is 6.42 Å². The second-order valence-corrected chi connectivity index (χ2v) is 3.45. The molecule has 1 unspecified atom stereocenters. The lowest BCUT2D eigenvalue weighted by atomic mass is 10.1. The Balaban J connectivity index is 4.08. The molecule has 2 atom stereocenters. The van der Waals surface area contributed by atoms with Crippen LogP contribution < -0.4 is 5.32 Å². The SMILES string of the molecule is C=CCOC(=O)C[C@H](NC)C(O)N(C)C. The van der Waals surface area contributed by atoms with Crippen molar-refractivity contribution in [3.05, 3.63) is 12.7 Å². The summed E-state index contributed by atoms with van der Waals surface area (Å²) in [6.07, 6.45) is 0.921. The number of carbonyl (C=O) groups is 1. The van der Waals surface area contributed by atoms with Gasteiger partial charge in [-0.1, -0.05) is 12.7 Å². The molecular weight excluding hydrogens is 196 g/mol. The lowest BCUT2D eigenvalue weighted by Gasteiger charge is -2.26. The number of likely N-dealkylation sites (N-methyl/N-ethyl adjacent to an activating group) is 2. The molecule has 0 aromatic rings. The predicted octanol–water partition coefficient (Wildman–Crippen LogP) is -0.426. The molecule has 0 bridgehead atoms. The van der Waals surface area contributed by atoms with E-state index in [1.54, 1.807) is 26.0 Å². The molecule has 0 saturated heterocycles. The lowest BCUT2D eigenvalue weighted by Crippen LogP contribution is -2.47. The summed E-state index contributed by atoms with van der Waals surface area (Å²) < 4.78 is 4.83. The fourth-order valence-electron chi connectivity index (χ4n) is 1.11. The fourth-order valence-corrected chi connectivity index (χ4v) is 1.11. The number of hydrogen-bond acceptors (Lipinski definition) is 5. The normalized spacial score (nSPS) is 14.7. The molecule has 0 aliphatic rings. The molecule has 5 heteroatoms. The maximum absolute atomic E-state index is 11.3. The number of ether oxygens (including phenoxy) is 1. The molecule has 2 N–H and O–H groups in total. The van der Waals surface area contributed by atoms with Crippen molar-refractivity contribution in [1.82, 2.24) is 10.2 Å². The Bertz CT molecular complexity index is 207. The number of nitrogens with one attached hydrogen (secondary N) is 1. The van der Waals surface area contributed by atoms with Crippen molar-refractivity contribution in [2.24, 2.45) is 0 Å². The second kappa shape index (κ2) is 7.39. The van der Waals surface area contributed by atoms with Gasteiger partial charge in [0.2, 0.25) is 0 Å². The molecule has 0 aliphatic heterocycles. The van der Waals surface area contributed by atoms with Gasteiger partial charge in [0.15, 0.2) is 0 Å². The molecule has 5 nitrogen and oxygen atoms in total. The second-order valence-electron chi connectivity index (χ2n) is 3.45. The van der Waals surface area contributed by atoms with Gasteiger partial charge >= 0.3 is 5.97 Å². The Morgan fingerprint density at radius 3 is 2.67 bits per heavy atom. The van der Waals surface area contributed by atoms with Gasteiger partial charge in [0.25, 0.3) is 0 Å². The monoisotopic (exact) mass is 216 g/mol. The highest BCUT2D eigenvalue weighted by molar-refractivity contribution is 5.70. The summed E-state index contributed by atoms with van der Waals surface area (Å²) in [6, 6.07) is -0.336. The van der Waals surface area contributed by atoms with E-state index >= 15 is 0 Å². The van der Waals surface area contributed by atoms with Crippen molar-refractivity contribution in [2.75, 3.05) is 27.7 Å². The number of carbonyl (C=O) groups excluding carboxylic acids is 1. The molecule has 0 aliphatic carbocycles. The highest BCUT2D eigenvalue weighted by atomic mass is 16.5. The van der Waals surface area contributed by atoms with Crippen molar-refractivity contribution in [3.63, 3.8) is 0 Å². The summed E-state index contributed by atoms with van der Waals surface area (Å²) in [6.45, 7) is 3.65. The molecule has 0 rings (SSSR count). The minimum atomic E-state index is -0.716. The standard InChI is InChI=1S/C10H20N2O3/c1-5-6-15-9(13)7-8(11-2)10(14)12(3)4/h5,8,10-11,14H,1,6-7H2,2-4H3/t8-,10?/m0/s1. The van der Waals surface area contributed by atoms with E-state index in [4.69, 9.17) is 4.74 Å². The van der Waals surface area contributed by atoms with E-state index in [2.05, 4.69) is 11.9 Å². The van der Waals surface area contributed by atoms with Crippen LogP contribution in [0.3, 0.4) is 0 Å². The highest BCUT2D eigenvalue weighted by Crippen LogP contribution is 2.03. The minimum Gasteiger partial charge on any atom is -0.461 e. The van der Waals surface area contributed by atoms with E-state index in [0.717, 1.165) is 0 Å². The molecule has 88 valence electrons. The topological polar surface area (TPSA) is 61.8 Å². The zero-order valence-corrected chi connectivity index (χ0v) is 9.56. The molecule has 0 aromatic heterocycles. The van der Waals surface area contributed by atoms with Crippen LogP contribution in [-0.2, 0) is 9.53 Å². The Kier molecular flexibility index (Phi) is 6.94. The highest BCUT2D eigenvalue weighted by Gasteiger charge is 2.22. The average Bonchev–Trinajstić information content (AvgIpc) is 2.21. The molecule has 0 spiro atoms. The molecule has 0 amide bonds. The van der Waals surface area contributed by atoms with Crippen LogP contribution in [0.15, 0.2) is 12.7 Å². The smallest absolute Gasteiger partial charge is 0.307 e. The summed E-state index contributed by atoms with van der Waals surface area (Å²) >= 11 is 0. The van der Waals surface area contributed by atoms with Crippen LogP contribution >= 0.6 is 0 Å². The van der Waals surface area contributed by atoms with Gasteiger partial charge < -0.3 is 15.2 Å². The van der Waals surface area contributed by atoms with E-state index in [9.17, 15) is 9.90 Å². The zero-order valence-electron chi connectivity index (χ0n) is 9.56. The number of rotatable bonds is 7. The first-order valence-electron chi connectivity index (χ1n) is 4.81.